The van der Waals surface area contributed by atoms with Gasteiger partial charge in [0.15, 0.2) is 0 Å². The predicted molar refractivity (Wildman–Crippen MR) is 137 cm³/mol. The molecule has 1 amide bonds. The van der Waals surface area contributed by atoms with Gasteiger partial charge in [-0.15, -0.1) is 0 Å². The molecule has 0 unspecified atom stereocenters. The van der Waals surface area contributed by atoms with Gasteiger partial charge in [-0.2, -0.15) is 0 Å². The second kappa shape index (κ2) is 9.93. The van der Waals surface area contributed by atoms with Crippen molar-refractivity contribution in [3.63, 3.8) is 0 Å². The molecule has 35 heavy (non-hydrogen) atoms. The molecule has 7 nitrogen and oxygen atoms in total. The zero-order valence-electron chi connectivity index (χ0n) is 18.9. The molecule has 1 aliphatic heterocycles. The summed E-state index contributed by atoms with van der Waals surface area (Å²) in [6, 6.07) is 22.2. The first kappa shape index (κ1) is 23.1. The third-order valence-electron chi connectivity index (χ3n) is 6.09. The van der Waals surface area contributed by atoms with Gasteiger partial charge in [-0.25, -0.2) is 4.79 Å². The minimum Gasteiger partial charge on any atom is -0.477 e. The Morgan fingerprint density at radius 3 is 2.34 bits per heavy atom. The topological polar surface area (TPSA) is 83.8 Å². The van der Waals surface area contributed by atoms with Gasteiger partial charge in [0.25, 0.3) is 5.91 Å². The number of para-hydroxylation sites is 1. The lowest BCUT2D eigenvalue weighted by atomic mass is 10.1. The number of ether oxygens (including phenoxy) is 1. The summed E-state index contributed by atoms with van der Waals surface area (Å²) in [5, 5.41) is 13.9. The van der Waals surface area contributed by atoms with E-state index in [0.29, 0.717) is 36.7 Å². The van der Waals surface area contributed by atoms with E-state index < -0.39 is 5.97 Å². The molecule has 1 aromatic heterocycles. The number of hydrogen-bond donors (Lipinski definition) is 2. The number of carboxylic acid groups (broad SMARTS) is 1. The smallest absolute Gasteiger partial charge is 0.352 e. The summed E-state index contributed by atoms with van der Waals surface area (Å²) in [6.45, 7) is 3.33. The van der Waals surface area contributed by atoms with Gasteiger partial charge in [-0.3, -0.25) is 4.79 Å². The molecule has 1 fully saturated rings. The molecule has 178 valence electrons. The van der Waals surface area contributed by atoms with Crippen molar-refractivity contribution >= 4 is 38.7 Å². The van der Waals surface area contributed by atoms with E-state index in [4.69, 9.17) is 4.74 Å². The van der Waals surface area contributed by atoms with Crippen molar-refractivity contribution in [1.82, 2.24) is 14.8 Å². The lowest BCUT2D eigenvalue weighted by molar-refractivity contribution is 0.0685. The first-order valence-electron chi connectivity index (χ1n) is 11.4. The number of aromatic nitrogens is 1. The lowest BCUT2D eigenvalue weighted by Gasteiger charge is -2.27. The Hall–Kier alpha value is -3.62. The predicted octanol–water partition coefficient (Wildman–Crippen LogP) is 4.99. The van der Waals surface area contributed by atoms with Crippen LogP contribution in [0.5, 0.6) is 11.5 Å². The number of carboxylic acids is 1. The molecule has 4 aromatic rings. The number of rotatable bonds is 6. The Morgan fingerprint density at radius 2 is 1.66 bits per heavy atom. The normalized spacial score (nSPS) is 13.7. The highest BCUT2D eigenvalue weighted by molar-refractivity contribution is 9.10. The summed E-state index contributed by atoms with van der Waals surface area (Å²) in [4.78, 5) is 26.7. The van der Waals surface area contributed by atoms with E-state index in [1.165, 1.54) is 0 Å². The van der Waals surface area contributed by atoms with Crippen molar-refractivity contribution < 1.29 is 19.4 Å². The third kappa shape index (κ3) is 4.94. The Kier molecular flexibility index (Phi) is 6.57. The maximum atomic E-state index is 12.8. The second-order valence-electron chi connectivity index (χ2n) is 8.41. The van der Waals surface area contributed by atoms with E-state index in [-0.39, 0.29) is 11.6 Å². The first-order chi connectivity index (χ1) is 17.0. The van der Waals surface area contributed by atoms with E-state index in [9.17, 15) is 14.7 Å². The molecule has 0 radical (unpaired) electrons. The van der Waals surface area contributed by atoms with E-state index in [1.807, 2.05) is 71.6 Å². The van der Waals surface area contributed by atoms with Crippen LogP contribution in [-0.2, 0) is 6.54 Å². The van der Waals surface area contributed by atoms with Gasteiger partial charge < -0.3 is 24.6 Å². The van der Waals surface area contributed by atoms with Crippen LogP contribution in [0.4, 0.5) is 0 Å². The minimum absolute atomic E-state index is 0.0160. The van der Waals surface area contributed by atoms with E-state index in [0.717, 1.165) is 34.0 Å². The maximum absolute atomic E-state index is 12.8. The fraction of sp³-hybridized carbons (Fsp3) is 0.185. The van der Waals surface area contributed by atoms with Crippen LogP contribution in [-0.4, -0.2) is 52.6 Å². The number of aromatic carboxylic acids is 1. The van der Waals surface area contributed by atoms with Gasteiger partial charge in [0.2, 0.25) is 0 Å². The number of carbonyl (C=O) groups excluding carboxylic acids is 1. The SMILES string of the molecule is O=C(O)c1cc2c(Br)cc(Oc3ccccc3)cc2n1Cc1ccc(C(=O)N2CCNCC2)cc1. The summed E-state index contributed by atoms with van der Waals surface area (Å²) in [7, 11) is 0. The fourth-order valence-electron chi connectivity index (χ4n) is 4.31. The van der Waals surface area contributed by atoms with Crippen molar-refractivity contribution in [3.8, 4) is 11.5 Å². The number of fused-ring (bicyclic) bond motifs is 1. The number of halogens is 1. The number of hydrogen-bond acceptors (Lipinski definition) is 4. The molecule has 2 N–H and O–H groups in total. The largest absolute Gasteiger partial charge is 0.477 e. The molecule has 8 heteroatoms. The van der Waals surface area contributed by atoms with Gasteiger partial charge in [-0.1, -0.05) is 30.3 Å². The summed E-state index contributed by atoms with van der Waals surface area (Å²) in [6.07, 6.45) is 0. The molecular weight excluding hydrogens is 510 g/mol. The van der Waals surface area contributed by atoms with Crippen molar-refractivity contribution in [3.05, 3.63) is 94.1 Å². The zero-order chi connectivity index (χ0) is 24.4. The van der Waals surface area contributed by atoms with Gasteiger partial charge >= 0.3 is 5.97 Å². The summed E-state index contributed by atoms with van der Waals surface area (Å²) in [5.41, 5.74) is 2.45. The molecule has 1 saturated heterocycles. The molecule has 2 heterocycles. The molecule has 0 spiro atoms. The van der Waals surface area contributed by atoms with Crippen LogP contribution < -0.4 is 10.1 Å². The van der Waals surface area contributed by atoms with Crippen LogP contribution in [0.2, 0.25) is 0 Å². The molecular formula is C27H24BrN3O4. The van der Waals surface area contributed by atoms with Crippen molar-refractivity contribution in [2.45, 2.75) is 6.54 Å². The first-order valence-corrected chi connectivity index (χ1v) is 12.2. The Labute approximate surface area is 211 Å². The summed E-state index contributed by atoms with van der Waals surface area (Å²) >= 11 is 3.57. The fourth-order valence-corrected chi connectivity index (χ4v) is 4.85. The van der Waals surface area contributed by atoms with Crippen LogP contribution in [0.25, 0.3) is 10.9 Å². The van der Waals surface area contributed by atoms with E-state index >= 15 is 0 Å². The van der Waals surface area contributed by atoms with Crippen LogP contribution in [0.3, 0.4) is 0 Å². The average molecular weight is 534 g/mol. The highest BCUT2D eigenvalue weighted by Crippen LogP contribution is 2.34. The van der Waals surface area contributed by atoms with Gasteiger partial charge in [-0.05, 0) is 57.9 Å². The van der Waals surface area contributed by atoms with Crippen LogP contribution >= 0.6 is 15.9 Å². The Balaban J connectivity index is 1.46. The van der Waals surface area contributed by atoms with Crippen LogP contribution in [0.1, 0.15) is 26.4 Å². The molecule has 0 saturated carbocycles. The second-order valence-corrected chi connectivity index (χ2v) is 9.27. The number of nitrogens with zero attached hydrogens (tertiary/aromatic N) is 2. The van der Waals surface area contributed by atoms with Gasteiger partial charge in [0.1, 0.15) is 17.2 Å². The molecule has 0 aliphatic carbocycles. The van der Waals surface area contributed by atoms with E-state index in [2.05, 4.69) is 21.2 Å². The van der Waals surface area contributed by atoms with Crippen molar-refractivity contribution in [1.29, 1.82) is 0 Å². The molecule has 5 rings (SSSR count). The molecule has 1 aliphatic rings. The Morgan fingerprint density at radius 1 is 0.943 bits per heavy atom. The Bertz CT molecular complexity index is 1380. The third-order valence-corrected chi connectivity index (χ3v) is 6.74. The number of benzene rings is 3. The van der Waals surface area contributed by atoms with Gasteiger partial charge in [0.05, 0.1) is 5.52 Å². The standard InChI is InChI=1S/C27H24BrN3O4/c28-23-14-21(35-20-4-2-1-3-5-20)15-24-22(23)16-25(27(33)34)31(24)17-18-6-8-19(9-7-18)26(32)30-12-10-29-11-13-30/h1-9,14-16,29H,10-13,17H2,(H,33,34). The highest BCUT2D eigenvalue weighted by Gasteiger charge is 2.20. The quantitative estimate of drug-likeness (QED) is 0.364. The molecule has 0 atom stereocenters. The van der Waals surface area contributed by atoms with Crippen molar-refractivity contribution in [2.75, 3.05) is 26.2 Å². The highest BCUT2D eigenvalue weighted by atomic mass is 79.9. The number of carbonyl (C=O) groups is 2. The summed E-state index contributed by atoms with van der Waals surface area (Å²) in [5.74, 6) is 0.301. The summed E-state index contributed by atoms with van der Waals surface area (Å²) < 4.78 is 8.51. The number of amides is 1. The maximum Gasteiger partial charge on any atom is 0.352 e. The zero-order valence-corrected chi connectivity index (χ0v) is 20.5. The minimum atomic E-state index is -1.01. The molecule has 0 bridgehead atoms. The number of nitrogens with one attached hydrogen (secondary N) is 1. The lowest BCUT2D eigenvalue weighted by Crippen LogP contribution is -2.46. The molecule has 3 aromatic carbocycles. The number of piperazine rings is 1. The van der Waals surface area contributed by atoms with Crippen molar-refractivity contribution in [2.24, 2.45) is 0 Å². The van der Waals surface area contributed by atoms with E-state index in [1.54, 1.807) is 10.6 Å². The van der Waals surface area contributed by atoms with Crippen LogP contribution in [0.15, 0.2) is 77.3 Å². The van der Waals surface area contributed by atoms with Crippen LogP contribution in [0, 0.1) is 0 Å². The average Bonchev–Trinajstić information content (AvgIpc) is 3.24. The van der Waals surface area contributed by atoms with Gasteiger partial charge in [0, 0.05) is 54.2 Å². The monoisotopic (exact) mass is 533 g/mol.